The van der Waals surface area contributed by atoms with Gasteiger partial charge in [-0.05, 0) is 63.6 Å². The minimum atomic E-state index is -0.705. The first-order chi connectivity index (χ1) is 14.4. The van der Waals surface area contributed by atoms with Crippen LogP contribution in [0.15, 0.2) is 18.3 Å². The van der Waals surface area contributed by atoms with E-state index in [4.69, 9.17) is 9.31 Å². The number of halogens is 1. The van der Waals surface area contributed by atoms with Crippen LogP contribution in [-0.2, 0) is 22.4 Å². The number of hydrogen-bond acceptors (Lipinski definition) is 4. The first-order valence-electron chi connectivity index (χ1n) is 11.4. The van der Waals surface area contributed by atoms with E-state index in [2.05, 4.69) is 36.3 Å². The van der Waals surface area contributed by atoms with Crippen molar-refractivity contribution in [3.63, 3.8) is 0 Å². The molecule has 4 nitrogen and oxygen atoms in total. The lowest BCUT2D eigenvalue weighted by atomic mass is 9.78. The molecular formula is C24H36BFN2O2S. The van der Waals surface area contributed by atoms with Gasteiger partial charge in [-0.3, -0.25) is 4.72 Å². The Labute approximate surface area is 190 Å². The van der Waals surface area contributed by atoms with Gasteiger partial charge in [0.1, 0.15) is 5.82 Å². The van der Waals surface area contributed by atoms with Gasteiger partial charge in [0, 0.05) is 40.9 Å². The zero-order chi connectivity index (χ0) is 22.6. The molecule has 31 heavy (non-hydrogen) atoms. The molecule has 1 saturated carbocycles. The standard InChI is InChI=1S/C24H36BFN2O2S/c1-22(2,3)15-28-14-16(13-27-31-17-9-8-10-17)18-11-20(26)19(12-21(18)28)25-29-23(4,5)24(6,7)30-25/h11-12,14,17,27H,8-10,13,15H2,1-7H3. The van der Waals surface area contributed by atoms with Gasteiger partial charge in [0.05, 0.1) is 11.2 Å². The fraction of sp³-hybridized carbons (Fsp3) is 0.667. The molecule has 7 heteroatoms. The molecule has 2 fully saturated rings. The zero-order valence-corrected chi connectivity index (χ0v) is 20.8. The molecule has 0 atom stereocenters. The molecule has 0 unspecified atom stereocenters. The number of nitrogens with one attached hydrogen (secondary N) is 1. The van der Waals surface area contributed by atoms with Gasteiger partial charge in [-0.25, -0.2) is 4.39 Å². The highest BCUT2D eigenvalue weighted by molar-refractivity contribution is 7.98. The number of nitrogens with zero attached hydrogens (tertiary/aromatic N) is 1. The number of aromatic nitrogens is 1. The number of rotatable bonds is 6. The summed E-state index contributed by atoms with van der Waals surface area (Å²) in [5.41, 5.74) is 1.75. The van der Waals surface area contributed by atoms with Crippen LogP contribution in [0, 0.1) is 11.2 Å². The fourth-order valence-corrected chi connectivity index (χ4v) is 5.10. The second-order valence-electron chi connectivity index (χ2n) is 11.3. The van der Waals surface area contributed by atoms with E-state index in [1.807, 2.05) is 45.7 Å². The molecule has 1 aromatic carbocycles. The molecule has 2 aromatic rings. The van der Waals surface area contributed by atoms with Gasteiger partial charge in [0.15, 0.2) is 0 Å². The molecule has 2 heterocycles. The molecule has 170 valence electrons. The smallest absolute Gasteiger partial charge is 0.399 e. The van der Waals surface area contributed by atoms with Crippen LogP contribution in [-0.4, -0.2) is 28.1 Å². The second kappa shape index (κ2) is 8.09. The van der Waals surface area contributed by atoms with Gasteiger partial charge in [0.2, 0.25) is 0 Å². The summed E-state index contributed by atoms with van der Waals surface area (Å²) in [5, 5.41) is 1.68. The highest BCUT2D eigenvalue weighted by atomic mass is 32.2. The molecule has 0 amide bonds. The van der Waals surface area contributed by atoms with Crippen LogP contribution in [0.3, 0.4) is 0 Å². The van der Waals surface area contributed by atoms with Crippen molar-refractivity contribution in [1.29, 1.82) is 0 Å². The van der Waals surface area contributed by atoms with E-state index in [0.29, 0.717) is 5.46 Å². The highest BCUT2D eigenvalue weighted by Crippen LogP contribution is 2.37. The van der Waals surface area contributed by atoms with E-state index in [-0.39, 0.29) is 11.2 Å². The van der Waals surface area contributed by atoms with Crippen molar-refractivity contribution in [2.24, 2.45) is 5.41 Å². The predicted octanol–water partition coefficient (Wildman–Crippen LogP) is 5.42. The summed E-state index contributed by atoms with van der Waals surface area (Å²) in [6.07, 6.45) is 6.08. The van der Waals surface area contributed by atoms with E-state index < -0.39 is 18.3 Å². The number of fused-ring (bicyclic) bond motifs is 1. The topological polar surface area (TPSA) is 35.4 Å². The maximum absolute atomic E-state index is 15.3. The van der Waals surface area contributed by atoms with Gasteiger partial charge < -0.3 is 13.9 Å². The summed E-state index contributed by atoms with van der Waals surface area (Å²) in [6, 6.07) is 3.60. The van der Waals surface area contributed by atoms with Crippen molar-refractivity contribution in [2.75, 3.05) is 0 Å². The minimum Gasteiger partial charge on any atom is -0.399 e. The summed E-state index contributed by atoms with van der Waals surface area (Å²) in [5.74, 6) is -0.271. The van der Waals surface area contributed by atoms with Crippen LogP contribution in [0.25, 0.3) is 10.9 Å². The SMILES string of the molecule is CC(C)(C)Cn1cc(CNSC2CCC2)c2cc(F)c(B3OC(C)(C)C(C)(C)O3)cc21. The Hall–Kier alpha value is -1.02. The van der Waals surface area contributed by atoms with Gasteiger partial charge in [-0.15, -0.1) is 0 Å². The third kappa shape index (κ3) is 4.70. The Morgan fingerprint density at radius 3 is 2.35 bits per heavy atom. The molecule has 2 aliphatic rings. The van der Waals surface area contributed by atoms with Crippen molar-refractivity contribution in [2.45, 2.75) is 97.3 Å². The lowest BCUT2D eigenvalue weighted by molar-refractivity contribution is 0.00578. The van der Waals surface area contributed by atoms with Crippen LogP contribution in [0.2, 0.25) is 0 Å². The fourth-order valence-electron chi connectivity index (χ4n) is 4.06. The largest absolute Gasteiger partial charge is 0.497 e. The van der Waals surface area contributed by atoms with Crippen molar-refractivity contribution in [3.8, 4) is 0 Å². The van der Waals surface area contributed by atoms with Crippen molar-refractivity contribution < 1.29 is 13.7 Å². The molecule has 1 aromatic heterocycles. The monoisotopic (exact) mass is 446 g/mol. The Morgan fingerprint density at radius 1 is 1.16 bits per heavy atom. The third-order valence-corrected chi connectivity index (χ3v) is 7.91. The molecule has 1 aliphatic heterocycles. The number of hydrogen-bond donors (Lipinski definition) is 1. The Bertz CT molecular complexity index is 947. The predicted molar refractivity (Wildman–Crippen MR) is 129 cm³/mol. The molecule has 1 saturated heterocycles. The van der Waals surface area contributed by atoms with Crippen molar-refractivity contribution in [3.05, 3.63) is 29.7 Å². The lowest BCUT2D eigenvalue weighted by Crippen LogP contribution is -2.41. The molecule has 1 N–H and O–H groups in total. The summed E-state index contributed by atoms with van der Waals surface area (Å²) in [6.45, 7) is 16.2. The van der Waals surface area contributed by atoms with Crippen LogP contribution in [0.1, 0.15) is 73.3 Å². The summed E-state index contributed by atoms with van der Waals surface area (Å²) in [4.78, 5) is 0. The Balaban J connectivity index is 1.68. The average Bonchev–Trinajstić information content (AvgIpc) is 3.01. The van der Waals surface area contributed by atoms with Crippen LogP contribution >= 0.6 is 11.9 Å². The van der Waals surface area contributed by atoms with Crippen molar-refractivity contribution in [1.82, 2.24) is 9.29 Å². The molecule has 0 bridgehead atoms. The molecule has 0 spiro atoms. The molecule has 0 radical (unpaired) electrons. The summed E-state index contributed by atoms with van der Waals surface area (Å²) < 4.78 is 33.4. The normalized spacial score (nSPS) is 21.1. The highest BCUT2D eigenvalue weighted by Gasteiger charge is 2.52. The van der Waals surface area contributed by atoms with Gasteiger partial charge in [0.25, 0.3) is 0 Å². The second-order valence-corrected chi connectivity index (χ2v) is 12.5. The minimum absolute atomic E-state index is 0.107. The Kier molecular flexibility index (Phi) is 6.04. The third-order valence-electron chi connectivity index (χ3n) is 6.80. The van der Waals surface area contributed by atoms with E-state index in [9.17, 15) is 0 Å². The first-order valence-corrected chi connectivity index (χ1v) is 12.3. The Morgan fingerprint density at radius 2 is 1.81 bits per heavy atom. The molecule has 1 aliphatic carbocycles. The van der Waals surface area contributed by atoms with E-state index in [0.717, 1.165) is 34.8 Å². The van der Waals surface area contributed by atoms with Crippen molar-refractivity contribution >= 4 is 35.4 Å². The quantitative estimate of drug-likeness (QED) is 0.475. The molecular weight excluding hydrogens is 410 g/mol. The lowest BCUT2D eigenvalue weighted by Gasteiger charge is -2.32. The van der Waals surface area contributed by atoms with E-state index >= 15 is 4.39 Å². The van der Waals surface area contributed by atoms with Gasteiger partial charge in [-0.1, -0.05) is 39.1 Å². The van der Waals surface area contributed by atoms with E-state index in [1.165, 1.54) is 19.3 Å². The number of benzene rings is 1. The van der Waals surface area contributed by atoms with Crippen LogP contribution in [0.5, 0.6) is 0 Å². The first kappa shape index (κ1) is 23.2. The maximum atomic E-state index is 15.3. The van der Waals surface area contributed by atoms with Crippen LogP contribution in [0.4, 0.5) is 4.39 Å². The van der Waals surface area contributed by atoms with E-state index in [1.54, 1.807) is 6.07 Å². The van der Waals surface area contributed by atoms with Gasteiger partial charge >= 0.3 is 7.12 Å². The van der Waals surface area contributed by atoms with Crippen LogP contribution < -0.4 is 10.2 Å². The average molecular weight is 446 g/mol. The molecule has 4 rings (SSSR count). The van der Waals surface area contributed by atoms with Gasteiger partial charge in [-0.2, -0.15) is 0 Å². The zero-order valence-electron chi connectivity index (χ0n) is 20.0. The summed E-state index contributed by atoms with van der Waals surface area (Å²) in [7, 11) is -0.705. The summed E-state index contributed by atoms with van der Waals surface area (Å²) >= 11 is 1.82. The maximum Gasteiger partial charge on any atom is 0.497 e.